The Kier molecular flexibility index (Phi) is 23.3. The van der Waals surface area contributed by atoms with Crippen molar-refractivity contribution < 1.29 is 0 Å². The summed E-state index contributed by atoms with van der Waals surface area (Å²) in [7, 11) is 0. The number of aryl methyl sites for hydroxylation is 2. The van der Waals surface area contributed by atoms with Crippen LogP contribution in [0.2, 0.25) is 0 Å². The fourth-order valence-electron chi connectivity index (χ4n) is 21.3. The smallest absolute Gasteiger partial charge is 0.00200 e. The van der Waals surface area contributed by atoms with E-state index >= 15 is 0 Å². The summed E-state index contributed by atoms with van der Waals surface area (Å²) >= 11 is 0. The van der Waals surface area contributed by atoms with Crippen molar-refractivity contribution in [1.82, 2.24) is 0 Å². The molecule has 0 aliphatic rings. The van der Waals surface area contributed by atoms with Crippen LogP contribution < -0.4 is 0 Å². The highest BCUT2D eigenvalue weighted by molar-refractivity contribution is 6.28. The molecule has 0 spiro atoms. The van der Waals surface area contributed by atoms with Gasteiger partial charge in [0.25, 0.3) is 0 Å². The highest BCUT2D eigenvalue weighted by Gasteiger charge is 2.27. The molecule has 0 heterocycles. The first kappa shape index (κ1) is 85.0. The van der Waals surface area contributed by atoms with Gasteiger partial charge in [-0.1, -0.05) is 470 Å². The van der Waals surface area contributed by atoms with Crippen LogP contribution in [-0.4, -0.2) is 0 Å². The van der Waals surface area contributed by atoms with Gasteiger partial charge in [-0.05, 0) is 320 Å². The second kappa shape index (κ2) is 36.5. The lowest BCUT2D eigenvalue weighted by atomic mass is 9.79. The molecule has 0 bridgehead atoms. The van der Waals surface area contributed by atoms with Gasteiger partial charge >= 0.3 is 0 Å². The fraction of sp³-hybridized carbons (Fsp3) is 0.143. The van der Waals surface area contributed by atoms with Crippen molar-refractivity contribution >= 4 is 129 Å². The Bertz CT molecular complexity index is 8370. The van der Waals surface area contributed by atoms with Crippen LogP contribution in [0.3, 0.4) is 0 Å². The molecule has 23 aromatic carbocycles. The summed E-state index contributed by atoms with van der Waals surface area (Å²) in [6, 6.07) is 158. The van der Waals surface area contributed by atoms with Crippen molar-refractivity contribution in [3.8, 4) is 89.0 Å². The van der Waals surface area contributed by atoms with Crippen LogP contribution in [0.25, 0.3) is 218 Å². The molecule has 0 aromatic heterocycles. The number of unbranched alkanes of at least 4 members (excludes halogenated alkanes) is 5. The van der Waals surface area contributed by atoms with E-state index in [1.807, 2.05) is 0 Å². The lowest BCUT2D eigenvalue weighted by Crippen LogP contribution is -2.11. The Balaban J connectivity index is 0.000000121. The van der Waals surface area contributed by atoms with Crippen LogP contribution >= 0.6 is 0 Å². The van der Waals surface area contributed by atoms with Crippen molar-refractivity contribution in [3.05, 3.63) is 447 Å². The number of hydrogen-bond donors (Lipinski definition) is 0. The maximum Gasteiger partial charge on any atom is -0.00200 e. The van der Waals surface area contributed by atoms with E-state index in [0.717, 1.165) is 12.8 Å². The van der Waals surface area contributed by atoms with Gasteiger partial charge in [-0.3, -0.25) is 0 Å². The van der Waals surface area contributed by atoms with Gasteiger partial charge in [0.2, 0.25) is 0 Å². The summed E-state index contributed by atoms with van der Waals surface area (Å²) in [5.41, 5.74) is 26.4. The quantitative estimate of drug-likeness (QED) is 0.0630. The summed E-state index contributed by atoms with van der Waals surface area (Å²) in [6.45, 7) is 18.5. The monoisotopic (exact) mass is 1710 g/mol. The van der Waals surface area contributed by atoms with E-state index in [1.165, 1.54) is 285 Å². The Labute approximate surface area is 783 Å². The average molecular weight is 1710 g/mol. The number of benzene rings is 23. The van der Waals surface area contributed by atoms with Gasteiger partial charge in [0, 0.05) is 0 Å². The molecule has 0 saturated carbocycles. The zero-order valence-corrected chi connectivity index (χ0v) is 77.8. The third-order valence-electron chi connectivity index (χ3n) is 28.1. The summed E-state index contributed by atoms with van der Waals surface area (Å²) < 4.78 is 0. The predicted octanol–water partition coefficient (Wildman–Crippen LogP) is 38.7. The summed E-state index contributed by atoms with van der Waals surface area (Å²) in [5.74, 6) is 0. The third kappa shape index (κ3) is 16.6. The van der Waals surface area contributed by atoms with Gasteiger partial charge in [0.1, 0.15) is 0 Å². The largest absolute Gasteiger partial charge is 0.0654 e. The van der Waals surface area contributed by atoms with Crippen molar-refractivity contribution in [2.45, 2.75) is 124 Å². The van der Waals surface area contributed by atoms with Gasteiger partial charge in [-0.2, -0.15) is 0 Å². The van der Waals surface area contributed by atoms with Gasteiger partial charge in [-0.25, -0.2) is 0 Å². The zero-order chi connectivity index (χ0) is 90.3. The van der Waals surface area contributed by atoms with E-state index in [4.69, 9.17) is 0 Å². The average Bonchev–Trinajstić information content (AvgIpc) is 0.739. The van der Waals surface area contributed by atoms with E-state index in [2.05, 4.69) is 480 Å². The molecule has 133 heavy (non-hydrogen) atoms. The molecule has 23 aromatic rings. The maximum atomic E-state index is 2.53. The highest BCUT2D eigenvalue weighted by atomic mass is 14.3. The molecule has 23 rings (SSSR count). The van der Waals surface area contributed by atoms with E-state index in [-0.39, 0.29) is 10.8 Å². The SMILES string of the molecule is CC(C)(C)c1ccc2c(-c3cccc4ccccc34)c3cc(C(C)(C)C)ccc3c(-c3ccc4ccccc4c3)c2c1.CCCCCCc1ccc(CCCCC)cc1-c1ccc2c(-c3cccc4ccccc34)c3ccccc3c(-c3ccc4ccccc4c3)c2c1.c1ccc(-c2ccc3c(-c4cccc5ccccc45)c4ccccc4c(-c4ccc5ccccc5c4)c3c2)cc1. The van der Waals surface area contributed by atoms with Gasteiger partial charge in [-0.15, -0.1) is 0 Å². The fourth-order valence-corrected chi connectivity index (χ4v) is 21.3. The van der Waals surface area contributed by atoms with E-state index in [9.17, 15) is 0 Å². The first-order chi connectivity index (χ1) is 65.2. The molecule has 0 unspecified atom stereocenters. The summed E-state index contributed by atoms with van der Waals surface area (Å²) in [5, 5.41) is 30.9. The van der Waals surface area contributed by atoms with E-state index in [1.54, 1.807) is 0 Å². The molecule has 0 nitrogen and oxygen atoms in total. The van der Waals surface area contributed by atoms with Crippen molar-refractivity contribution in [1.29, 1.82) is 0 Å². The predicted molar refractivity (Wildman–Crippen MR) is 581 cm³/mol. The standard InChI is InChI=1S/C51H48.C42H38.C40H26/c1-3-5-7-9-19-39-28-27-36(17-8-6-4-2)33-48(39)41-31-32-47-49(35-41)50(42-30-29-37-18-10-11-21-40(37)34-42)45-24-14-15-25-46(45)51(47)44-26-16-22-38-20-12-13-23-43(38)44;1-41(2,3)31-21-23-36-37(25-31)39(30-19-18-27-12-7-8-14-29(27)24-30)35-22-20-32(42(4,5)6)26-38(35)40(36)34-17-11-15-28-13-9-10-16-33(28)34;1-2-11-27(12-3-1)31-23-24-37-38(26-31)39(32-22-21-28-13-4-5-15-30(28)25-32)35-18-8-9-19-36(35)40(37)34-20-10-16-29-14-6-7-17-33(29)34/h10-16,18,20-35H,3-9,17,19H2,1-2H3;7-26H,1-6H3;1-26H. The molecular formula is C133H112. The van der Waals surface area contributed by atoms with Crippen molar-refractivity contribution in [2.24, 2.45) is 0 Å². The molecule has 0 heteroatoms. The molecule has 0 amide bonds. The van der Waals surface area contributed by atoms with Crippen LogP contribution in [0.15, 0.2) is 425 Å². The Hall–Kier alpha value is -14.8. The van der Waals surface area contributed by atoms with Crippen molar-refractivity contribution in [3.63, 3.8) is 0 Å². The molecule has 0 radical (unpaired) electrons. The van der Waals surface area contributed by atoms with Gasteiger partial charge < -0.3 is 0 Å². The second-order valence-electron chi connectivity index (χ2n) is 38.8. The molecule has 644 valence electrons. The molecule has 0 aliphatic heterocycles. The molecule has 0 fully saturated rings. The first-order valence-corrected chi connectivity index (χ1v) is 48.3. The van der Waals surface area contributed by atoms with Crippen LogP contribution in [-0.2, 0) is 23.7 Å². The molecule has 0 aliphatic carbocycles. The summed E-state index contributed by atoms with van der Waals surface area (Å²) in [6.07, 6.45) is 11.1. The third-order valence-corrected chi connectivity index (χ3v) is 28.1. The normalized spacial score (nSPS) is 11.9. The molecule has 0 saturated heterocycles. The maximum absolute atomic E-state index is 2.53. The van der Waals surface area contributed by atoms with Crippen LogP contribution in [0, 0.1) is 0 Å². The lowest BCUT2D eigenvalue weighted by Gasteiger charge is -2.25. The Morgan fingerprint density at radius 1 is 0.165 bits per heavy atom. The Morgan fingerprint density at radius 3 is 0.902 bits per heavy atom. The van der Waals surface area contributed by atoms with E-state index in [0.29, 0.717) is 0 Å². The molecule has 0 N–H and O–H groups in total. The minimum Gasteiger partial charge on any atom is -0.0654 e. The topological polar surface area (TPSA) is 0 Å². The van der Waals surface area contributed by atoms with Crippen LogP contribution in [0.5, 0.6) is 0 Å². The van der Waals surface area contributed by atoms with Crippen LogP contribution in [0.4, 0.5) is 0 Å². The lowest BCUT2D eigenvalue weighted by molar-refractivity contribution is 0.590. The first-order valence-electron chi connectivity index (χ1n) is 48.3. The van der Waals surface area contributed by atoms with Gasteiger partial charge in [0.15, 0.2) is 0 Å². The number of rotatable bonds is 17. The zero-order valence-electron chi connectivity index (χ0n) is 77.8. The second-order valence-corrected chi connectivity index (χ2v) is 38.8. The minimum absolute atomic E-state index is 0.0401. The van der Waals surface area contributed by atoms with Crippen LogP contribution in [0.1, 0.15) is 123 Å². The summed E-state index contributed by atoms with van der Waals surface area (Å²) in [4.78, 5) is 0. The number of fused-ring (bicyclic) bond motifs is 12. The number of hydrogen-bond acceptors (Lipinski definition) is 0. The highest BCUT2D eigenvalue weighted by Crippen LogP contribution is 2.53. The van der Waals surface area contributed by atoms with Gasteiger partial charge in [0.05, 0.1) is 0 Å². The molecular weight excluding hydrogens is 1600 g/mol. The van der Waals surface area contributed by atoms with Crippen molar-refractivity contribution in [2.75, 3.05) is 0 Å². The minimum atomic E-state index is 0.0401. The molecule has 0 atom stereocenters. The van der Waals surface area contributed by atoms with E-state index < -0.39 is 0 Å². The Morgan fingerprint density at radius 2 is 0.474 bits per heavy atom.